The molecule has 0 radical (unpaired) electrons. The summed E-state index contributed by atoms with van der Waals surface area (Å²) in [5, 5.41) is 7.37. The van der Waals surface area contributed by atoms with Crippen molar-refractivity contribution in [2.45, 2.75) is 24.2 Å². The Labute approximate surface area is 109 Å². The standard InChI is InChI=1S/C12H15BrN2S/c13-9-3-1-2-4-10(9)16-8-12(5-6-12)7-11(14)15/h1-4H,5-8H2,(H3,14,15). The third-order valence-electron chi connectivity index (χ3n) is 2.89. The molecule has 0 heterocycles. The molecule has 16 heavy (non-hydrogen) atoms. The third-order valence-corrected chi connectivity index (χ3v) is 5.27. The van der Waals surface area contributed by atoms with E-state index in [1.807, 2.05) is 17.8 Å². The first-order valence-corrected chi connectivity index (χ1v) is 7.09. The van der Waals surface area contributed by atoms with Crippen LogP contribution in [0.25, 0.3) is 0 Å². The van der Waals surface area contributed by atoms with Gasteiger partial charge in [-0.25, -0.2) is 0 Å². The Morgan fingerprint density at radius 3 is 2.69 bits per heavy atom. The normalized spacial score (nSPS) is 17.1. The molecule has 1 fully saturated rings. The van der Waals surface area contributed by atoms with E-state index in [0.29, 0.717) is 11.3 Å². The van der Waals surface area contributed by atoms with Gasteiger partial charge >= 0.3 is 0 Å². The first-order chi connectivity index (χ1) is 7.61. The first kappa shape index (κ1) is 12.0. The van der Waals surface area contributed by atoms with Crippen molar-refractivity contribution in [2.75, 3.05) is 5.75 Å². The summed E-state index contributed by atoms with van der Waals surface area (Å²) < 4.78 is 1.15. The lowest BCUT2D eigenvalue weighted by atomic mass is 10.1. The van der Waals surface area contributed by atoms with Crippen molar-refractivity contribution in [3.05, 3.63) is 28.7 Å². The van der Waals surface area contributed by atoms with Crippen LogP contribution in [0.4, 0.5) is 0 Å². The van der Waals surface area contributed by atoms with Crippen molar-refractivity contribution in [2.24, 2.45) is 11.1 Å². The molecule has 1 aromatic rings. The maximum Gasteiger partial charge on any atom is 0.0911 e. The summed E-state index contributed by atoms with van der Waals surface area (Å²) >= 11 is 5.41. The fraction of sp³-hybridized carbons (Fsp3) is 0.417. The van der Waals surface area contributed by atoms with Crippen molar-refractivity contribution in [1.82, 2.24) is 0 Å². The van der Waals surface area contributed by atoms with Crippen LogP contribution in [0.15, 0.2) is 33.6 Å². The molecule has 0 spiro atoms. The molecule has 86 valence electrons. The molecule has 0 saturated heterocycles. The van der Waals surface area contributed by atoms with Crippen LogP contribution < -0.4 is 5.73 Å². The number of benzene rings is 1. The Bertz CT molecular complexity index is 402. The van der Waals surface area contributed by atoms with Gasteiger partial charge in [0.1, 0.15) is 0 Å². The van der Waals surface area contributed by atoms with E-state index in [1.54, 1.807) is 0 Å². The topological polar surface area (TPSA) is 49.9 Å². The summed E-state index contributed by atoms with van der Waals surface area (Å²) in [4.78, 5) is 1.28. The first-order valence-electron chi connectivity index (χ1n) is 5.32. The minimum Gasteiger partial charge on any atom is -0.388 e. The van der Waals surface area contributed by atoms with Crippen molar-refractivity contribution < 1.29 is 0 Å². The Morgan fingerprint density at radius 2 is 2.12 bits per heavy atom. The molecule has 1 aliphatic rings. The summed E-state index contributed by atoms with van der Waals surface area (Å²) in [5.41, 5.74) is 5.79. The van der Waals surface area contributed by atoms with E-state index in [2.05, 4.69) is 34.1 Å². The molecule has 1 aromatic carbocycles. The summed E-state index contributed by atoms with van der Waals surface area (Å²) in [5.74, 6) is 1.39. The van der Waals surface area contributed by atoms with Crippen LogP contribution in [-0.2, 0) is 0 Å². The van der Waals surface area contributed by atoms with Crippen LogP contribution in [-0.4, -0.2) is 11.6 Å². The molecular weight excluding hydrogens is 284 g/mol. The zero-order chi connectivity index (χ0) is 11.6. The maximum atomic E-state index is 7.37. The van der Waals surface area contributed by atoms with Crippen molar-refractivity contribution in [1.29, 1.82) is 5.41 Å². The predicted octanol–water partition coefficient (Wildman–Crippen LogP) is 3.65. The zero-order valence-electron chi connectivity index (χ0n) is 9.00. The van der Waals surface area contributed by atoms with Gasteiger partial charge in [-0.3, -0.25) is 5.41 Å². The van der Waals surface area contributed by atoms with Gasteiger partial charge in [0.05, 0.1) is 5.84 Å². The summed E-state index contributed by atoms with van der Waals surface area (Å²) in [7, 11) is 0. The maximum absolute atomic E-state index is 7.37. The second-order valence-electron chi connectivity index (χ2n) is 4.42. The van der Waals surface area contributed by atoms with E-state index in [-0.39, 0.29) is 0 Å². The highest BCUT2D eigenvalue weighted by molar-refractivity contribution is 9.10. The molecule has 2 rings (SSSR count). The molecule has 0 unspecified atom stereocenters. The van der Waals surface area contributed by atoms with E-state index in [4.69, 9.17) is 11.1 Å². The number of amidine groups is 1. The van der Waals surface area contributed by atoms with E-state index in [9.17, 15) is 0 Å². The number of nitrogens with two attached hydrogens (primary N) is 1. The SMILES string of the molecule is N=C(N)CC1(CSc2ccccc2Br)CC1. The molecule has 3 N–H and O–H groups in total. The number of halogens is 1. The number of hydrogen-bond donors (Lipinski definition) is 2. The Kier molecular flexibility index (Phi) is 3.60. The lowest BCUT2D eigenvalue weighted by Gasteiger charge is -2.13. The number of rotatable bonds is 5. The Morgan fingerprint density at radius 1 is 1.44 bits per heavy atom. The van der Waals surface area contributed by atoms with Gasteiger partial charge in [0, 0.05) is 21.5 Å². The molecule has 0 bridgehead atoms. The summed E-state index contributed by atoms with van der Waals surface area (Å²) in [6.07, 6.45) is 3.18. The van der Waals surface area contributed by atoms with Crippen LogP contribution >= 0.6 is 27.7 Å². The van der Waals surface area contributed by atoms with Gasteiger partial charge in [-0.15, -0.1) is 11.8 Å². The van der Waals surface area contributed by atoms with Crippen LogP contribution in [0, 0.1) is 10.8 Å². The quantitative estimate of drug-likeness (QED) is 0.495. The van der Waals surface area contributed by atoms with Crippen molar-refractivity contribution >= 4 is 33.5 Å². The molecule has 0 atom stereocenters. The third kappa shape index (κ3) is 3.01. The molecule has 4 heteroatoms. The summed E-state index contributed by atoms with van der Waals surface area (Å²) in [6, 6.07) is 8.26. The minimum absolute atomic E-state index is 0.311. The van der Waals surface area contributed by atoms with Crippen molar-refractivity contribution in [3.8, 4) is 0 Å². The lowest BCUT2D eigenvalue weighted by molar-refractivity contribution is 0.612. The minimum atomic E-state index is 0.311. The van der Waals surface area contributed by atoms with Gasteiger partial charge in [-0.1, -0.05) is 12.1 Å². The van der Waals surface area contributed by atoms with Crippen LogP contribution in [0.3, 0.4) is 0 Å². The van der Waals surface area contributed by atoms with E-state index in [0.717, 1.165) is 16.6 Å². The zero-order valence-corrected chi connectivity index (χ0v) is 11.4. The average Bonchev–Trinajstić information content (AvgIpc) is 2.96. The van der Waals surface area contributed by atoms with Gasteiger partial charge in [0.15, 0.2) is 0 Å². The number of nitrogens with one attached hydrogen (secondary N) is 1. The lowest BCUT2D eigenvalue weighted by Crippen LogP contribution is -2.18. The second kappa shape index (κ2) is 4.80. The molecule has 0 amide bonds. The molecule has 0 aromatic heterocycles. The predicted molar refractivity (Wildman–Crippen MR) is 73.1 cm³/mol. The highest BCUT2D eigenvalue weighted by Crippen LogP contribution is 2.52. The highest BCUT2D eigenvalue weighted by atomic mass is 79.9. The van der Waals surface area contributed by atoms with E-state index < -0.39 is 0 Å². The highest BCUT2D eigenvalue weighted by Gasteiger charge is 2.42. The fourth-order valence-electron chi connectivity index (χ4n) is 1.75. The van der Waals surface area contributed by atoms with Gasteiger partial charge in [0.2, 0.25) is 0 Å². The van der Waals surface area contributed by atoms with Crippen LogP contribution in [0.1, 0.15) is 19.3 Å². The monoisotopic (exact) mass is 298 g/mol. The van der Waals surface area contributed by atoms with Gasteiger partial charge < -0.3 is 5.73 Å². The molecule has 1 saturated carbocycles. The average molecular weight is 299 g/mol. The number of hydrogen-bond acceptors (Lipinski definition) is 2. The van der Waals surface area contributed by atoms with Gasteiger partial charge in [-0.05, 0) is 46.3 Å². The van der Waals surface area contributed by atoms with Gasteiger partial charge in [0.25, 0.3) is 0 Å². The second-order valence-corrected chi connectivity index (χ2v) is 6.29. The fourth-order valence-corrected chi connectivity index (χ4v) is 3.61. The molecule has 1 aliphatic carbocycles. The van der Waals surface area contributed by atoms with Crippen molar-refractivity contribution in [3.63, 3.8) is 0 Å². The Balaban J connectivity index is 1.93. The molecule has 2 nitrogen and oxygen atoms in total. The van der Waals surface area contributed by atoms with Crippen LogP contribution in [0.2, 0.25) is 0 Å². The number of thioether (sulfide) groups is 1. The largest absolute Gasteiger partial charge is 0.388 e. The smallest absolute Gasteiger partial charge is 0.0911 e. The van der Waals surface area contributed by atoms with Gasteiger partial charge in [-0.2, -0.15) is 0 Å². The summed E-state index contributed by atoms with van der Waals surface area (Å²) in [6.45, 7) is 0. The molecule has 0 aliphatic heterocycles. The molecular formula is C12H15BrN2S. The van der Waals surface area contributed by atoms with E-state index in [1.165, 1.54) is 17.7 Å². The van der Waals surface area contributed by atoms with E-state index >= 15 is 0 Å². The Hall–Kier alpha value is -0.480. The van der Waals surface area contributed by atoms with Crippen LogP contribution in [0.5, 0.6) is 0 Å².